The second kappa shape index (κ2) is 6.36. The summed E-state index contributed by atoms with van der Waals surface area (Å²) in [6.07, 6.45) is 0. The van der Waals surface area contributed by atoms with E-state index in [0.29, 0.717) is 5.56 Å². The van der Waals surface area contributed by atoms with Crippen molar-refractivity contribution in [3.63, 3.8) is 0 Å². The molecule has 0 bridgehead atoms. The van der Waals surface area contributed by atoms with Crippen LogP contribution in [0.1, 0.15) is 29.8 Å². The van der Waals surface area contributed by atoms with Crippen LogP contribution in [0.15, 0.2) is 35.6 Å². The second-order valence-electron chi connectivity index (χ2n) is 3.72. The first-order chi connectivity index (χ1) is 9.01. The van der Waals surface area contributed by atoms with Crippen molar-refractivity contribution in [3.8, 4) is 6.07 Å². The maximum absolute atomic E-state index is 12.0. The summed E-state index contributed by atoms with van der Waals surface area (Å²) in [5, 5.41) is 18.3. The van der Waals surface area contributed by atoms with E-state index in [2.05, 4.69) is 4.74 Å². The van der Waals surface area contributed by atoms with Gasteiger partial charge in [-0.05, 0) is 26.0 Å². The van der Waals surface area contributed by atoms with Gasteiger partial charge in [-0.1, -0.05) is 12.1 Å². The number of ether oxygens (including phenoxy) is 1. The van der Waals surface area contributed by atoms with Crippen LogP contribution in [0.3, 0.4) is 0 Å². The first-order valence-electron chi connectivity index (χ1n) is 5.63. The van der Waals surface area contributed by atoms with Crippen LogP contribution in [0.2, 0.25) is 0 Å². The molecule has 0 aliphatic rings. The fourth-order valence-corrected chi connectivity index (χ4v) is 1.41. The van der Waals surface area contributed by atoms with Gasteiger partial charge in [-0.2, -0.15) is 5.26 Å². The molecule has 0 saturated carbocycles. The topological polar surface area (TPSA) is 87.4 Å². The Bertz CT molecular complexity index is 581. The number of rotatable bonds is 4. The zero-order chi connectivity index (χ0) is 14.4. The van der Waals surface area contributed by atoms with Crippen LogP contribution in [-0.2, 0) is 9.53 Å². The minimum absolute atomic E-state index is 0.105. The molecule has 0 aliphatic carbocycles. The number of nitriles is 1. The zero-order valence-corrected chi connectivity index (χ0v) is 10.6. The lowest BCUT2D eigenvalue weighted by Gasteiger charge is -2.05. The average molecular weight is 259 g/mol. The molecular weight excluding hydrogens is 246 g/mol. The summed E-state index contributed by atoms with van der Waals surface area (Å²) in [6.45, 7) is 3.03. The van der Waals surface area contributed by atoms with E-state index < -0.39 is 17.5 Å². The van der Waals surface area contributed by atoms with Gasteiger partial charge in [0.2, 0.25) is 5.76 Å². The summed E-state index contributed by atoms with van der Waals surface area (Å²) in [7, 11) is 0. The molecule has 0 fully saturated rings. The number of benzene rings is 1. The normalized spacial score (nSPS) is 11.2. The largest absolute Gasteiger partial charge is 0.502 e. The smallest absolute Gasteiger partial charge is 0.373 e. The Morgan fingerprint density at radius 2 is 2.11 bits per heavy atom. The third-order valence-electron chi connectivity index (χ3n) is 2.42. The number of hydrogen-bond acceptors (Lipinski definition) is 5. The summed E-state index contributed by atoms with van der Waals surface area (Å²) in [6, 6.07) is 7.92. The van der Waals surface area contributed by atoms with Crippen LogP contribution >= 0.6 is 0 Å². The minimum Gasteiger partial charge on any atom is -0.502 e. The Balaban J connectivity index is 3.08. The number of nitrogens with zero attached hydrogens (tertiary/aromatic N) is 1. The van der Waals surface area contributed by atoms with Crippen molar-refractivity contribution in [2.75, 3.05) is 6.61 Å². The average Bonchev–Trinajstić information content (AvgIpc) is 2.45. The molecule has 0 aliphatic heterocycles. The molecule has 19 heavy (non-hydrogen) atoms. The highest BCUT2D eigenvalue weighted by Crippen LogP contribution is 2.13. The lowest BCUT2D eigenvalue weighted by molar-refractivity contribution is -0.141. The van der Waals surface area contributed by atoms with Gasteiger partial charge in [-0.3, -0.25) is 4.79 Å². The van der Waals surface area contributed by atoms with E-state index in [1.807, 2.05) is 6.07 Å². The summed E-state index contributed by atoms with van der Waals surface area (Å²) in [5.74, 6) is -2.18. The van der Waals surface area contributed by atoms with Crippen molar-refractivity contribution in [2.24, 2.45) is 0 Å². The van der Waals surface area contributed by atoms with Gasteiger partial charge >= 0.3 is 5.97 Å². The fourth-order valence-electron chi connectivity index (χ4n) is 1.41. The molecular formula is C14H13NO4. The molecule has 5 heteroatoms. The van der Waals surface area contributed by atoms with E-state index in [1.54, 1.807) is 19.1 Å². The third kappa shape index (κ3) is 3.42. The Morgan fingerprint density at radius 3 is 2.68 bits per heavy atom. The fraction of sp³-hybridized carbons (Fsp3) is 0.214. The van der Waals surface area contributed by atoms with Gasteiger partial charge in [0.1, 0.15) is 0 Å². The van der Waals surface area contributed by atoms with Crippen LogP contribution in [-0.4, -0.2) is 23.5 Å². The number of Topliss-reactive ketones (excluding diaryl/α,β-unsaturated/α-hetero) is 1. The number of hydrogen-bond donors (Lipinski definition) is 1. The first kappa shape index (κ1) is 14.5. The third-order valence-corrected chi connectivity index (χ3v) is 2.42. The predicted octanol–water partition coefficient (Wildman–Crippen LogP) is 2.14. The maximum atomic E-state index is 12.0. The van der Waals surface area contributed by atoms with Crippen molar-refractivity contribution in [1.29, 1.82) is 5.26 Å². The van der Waals surface area contributed by atoms with Gasteiger partial charge in [0, 0.05) is 11.1 Å². The zero-order valence-electron chi connectivity index (χ0n) is 10.6. The van der Waals surface area contributed by atoms with E-state index in [0.717, 1.165) is 0 Å². The van der Waals surface area contributed by atoms with Gasteiger partial charge in [0.05, 0.1) is 18.2 Å². The number of ketones is 1. The molecule has 0 atom stereocenters. The number of allylic oxidation sites excluding steroid dienone is 1. The molecule has 98 valence electrons. The molecule has 1 aromatic rings. The SMILES string of the molecule is CCOC(=O)/C(O)=C(/C)C(=O)c1cccc(C#N)c1. The van der Waals surface area contributed by atoms with Crippen LogP contribution in [0, 0.1) is 11.3 Å². The second-order valence-corrected chi connectivity index (χ2v) is 3.72. The Labute approximate surface area is 110 Å². The first-order valence-corrected chi connectivity index (χ1v) is 5.63. The quantitative estimate of drug-likeness (QED) is 0.387. The summed E-state index contributed by atoms with van der Waals surface area (Å²) in [5.41, 5.74) is 0.440. The molecule has 0 amide bonds. The van der Waals surface area contributed by atoms with Gasteiger partial charge < -0.3 is 9.84 Å². The number of aliphatic hydroxyl groups excluding tert-OH is 1. The standard InChI is InChI=1S/C14H13NO4/c1-3-19-14(18)13(17)9(2)12(16)11-6-4-5-10(7-11)8-15/h4-7,17H,3H2,1-2H3/b13-9+. The van der Waals surface area contributed by atoms with Crippen molar-refractivity contribution in [2.45, 2.75) is 13.8 Å². The van der Waals surface area contributed by atoms with Gasteiger partial charge in [0.25, 0.3) is 0 Å². The van der Waals surface area contributed by atoms with Crippen LogP contribution < -0.4 is 0 Å². The lowest BCUT2D eigenvalue weighted by Crippen LogP contribution is -2.13. The Hall–Kier alpha value is -2.61. The molecule has 1 aromatic carbocycles. The Kier molecular flexibility index (Phi) is 4.84. The molecule has 0 saturated heterocycles. The number of aliphatic hydroxyl groups is 1. The van der Waals surface area contributed by atoms with Crippen LogP contribution in [0.5, 0.6) is 0 Å². The minimum atomic E-state index is -0.940. The molecule has 0 unspecified atom stereocenters. The molecule has 1 N–H and O–H groups in total. The number of carbonyl (C=O) groups is 2. The van der Waals surface area contributed by atoms with Crippen molar-refractivity contribution in [3.05, 3.63) is 46.7 Å². The van der Waals surface area contributed by atoms with E-state index in [1.165, 1.54) is 19.1 Å². The molecule has 0 spiro atoms. The maximum Gasteiger partial charge on any atom is 0.373 e. The van der Waals surface area contributed by atoms with E-state index in [-0.39, 0.29) is 17.7 Å². The highest BCUT2D eigenvalue weighted by Gasteiger charge is 2.19. The predicted molar refractivity (Wildman–Crippen MR) is 67.4 cm³/mol. The molecule has 1 rings (SSSR count). The summed E-state index contributed by atoms with van der Waals surface area (Å²) in [4.78, 5) is 23.3. The lowest BCUT2D eigenvalue weighted by atomic mass is 10.0. The molecule has 0 heterocycles. The van der Waals surface area contributed by atoms with Gasteiger partial charge in [-0.15, -0.1) is 0 Å². The van der Waals surface area contributed by atoms with Crippen molar-refractivity contribution >= 4 is 11.8 Å². The Morgan fingerprint density at radius 1 is 1.42 bits per heavy atom. The highest BCUT2D eigenvalue weighted by molar-refractivity contribution is 6.11. The van der Waals surface area contributed by atoms with Crippen LogP contribution in [0.25, 0.3) is 0 Å². The molecule has 0 radical (unpaired) electrons. The summed E-state index contributed by atoms with van der Waals surface area (Å²) >= 11 is 0. The van der Waals surface area contributed by atoms with E-state index >= 15 is 0 Å². The van der Waals surface area contributed by atoms with Crippen molar-refractivity contribution < 1.29 is 19.4 Å². The monoisotopic (exact) mass is 259 g/mol. The number of esters is 1. The van der Waals surface area contributed by atoms with Crippen molar-refractivity contribution in [1.82, 2.24) is 0 Å². The van der Waals surface area contributed by atoms with E-state index in [9.17, 15) is 14.7 Å². The van der Waals surface area contributed by atoms with Gasteiger partial charge in [-0.25, -0.2) is 4.79 Å². The number of carbonyl (C=O) groups excluding carboxylic acids is 2. The molecule has 0 aromatic heterocycles. The van der Waals surface area contributed by atoms with Crippen LogP contribution in [0.4, 0.5) is 0 Å². The highest BCUT2D eigenvalue weighted by atomic mass is 16.5. The van der Waals surface area contributed by atoms with Gasteiger partial charge in [0.15, 0.2) is 5.78 Å². The van der Waals surface area contributed by atoms with E-state index in [4.69, 9.17) is 5.26 Å². The summed E-state index contributed by atoms with van der Waals surface area (Å²) < 4.78 is 4.60. The molecule has 5 nitrogen and oxygen atoms in total.